The van der Waals surface area contributed by atoms with Gasteiger partial charge in [0.25, 0.3) is 5.91 Å². The zero-order valence-electron chi connectivity index (χ0n) is 17.3. The van der Waals surface area contributed by atoms with Crippen molar-refractivity contribution < 1.29 is 14.3 Å². The molecule has 1 atom stereocenters. The van der Waals surface area contributed by atoms with Crippen LogP contribution in [0.25, 0.3) is 0 Å². The SMILES string of the molecule is CCc1ccc(NC(=O)[C@H](C)OC(=O)c2nc(NCc3ccccc3)ncc2Cl)cc1. The quantitative estimate of drug-likeness (QED) is 0.503. The molecule has 2 N–H and O–H groups in total. The van der Waals surface area contributed by atoms with E-state index in [1.54, 1.807) is 12.1 Å². The molecule has 1 aromatic heterocycles. The molecule has 3 aromatic rings. The molecule has 0 bridgehead atoms. The number of ether oxygens (including phenoxy) is 1. The second-order valence-corrected chi connectivity index (χ2v) is 7.22. The summed E-state index contributed by atoms with van der Waals surface area (Å²) in [5, 5.41) is 5.79. The number of nitrogens with one attached hydrogen (secondary N) is 2. The molecule has 0 fully saturated rings. The van der Waals surface area contributed by atoms with Crippen LogP contribution in [-0.4, -0.2) is 27.9 Å². The van der Waals surface area contributed by atoms with Crippen LogP contribution in [0.15, 0.2) is 60.8 Å². The molecule has 0 unspecified atom stereocenters. The summed E-state index contributed by atoms with van der Waals surface area (Å²) < 4.78 is 5.26. The number of carbonyl (C=O) groups is 2. The van der Waals surface area contributed by atoms with Gasteiger partial charge in [-0.05, 0) is 36.6 Å². The lowest BCUT2D eigenvalue weighted by Crippen LogP contribution is -2.30. The van der Waals surface area contributed by atoms with Crippen LogP contribution in [-0.2, 0) is 22.5 Å². The molecule has 0 spiro atoms. The Morgan fingerprint density at radius 3 is 2.45 bits per heavy atom. The van der Waals surface area contributed by atoms with Crippen LogP contribution in [0.4, 0.5) is 11.6 Å². The van der Waals surface area contributed by atoms with Crippen molar-refractivity contribution in [3.05, 3.63) is 82.6 Å². The summed E-state index contributed by atoms with van der Waals surface area (Å²) in [5.74, 6) is -1.03. The molecule has 0 saturated carbocycles. The number of aromatic nitrogens is 2. The largest absolute Gasteiger partial charge is 0.448 e. The van der Waals surface area contributed by atoms with Crippen LogP contribution in [0.2, 0.25) is 5.02 Å². The molecule has 31 heavy (non-hydrogen) atoms. The maximum Gasteiger partial charge on any atom is 0.359 e. The minimum absolute atomic E-state index is 0.0398. The van der Waals surface area contributed by atoms with Crippen LogP contribution in [0.5, 0.6) is 0 Å². The van der Waals surface area contributed by atoms with Gasteiger partial charge in [0.1, 0.15) is 0 Å². The summed E-state index contributed by atoms with van der Waals surface area (Å²) in [7, 11) is 0. The van der Waals surface area contributed by atoms with Crippen molar-refractivity contribution in [2.24, 2.45) is 0 Å². The summed E-state index contributed by atoms with van der Waals surface area (Å²) in [4.78, 5) is 33.1. The van der Waals surface area contributed by atoms with Crippen molar-refractivity contribution in [3.63, 3.8) is 0 Å². The second kappa shape index (κ2) is 10.5. The number of amides is 1. The minimum Gasteiger partial charge on any atom is -0.448 e. The summed E-state index contributed by atoms with van der Waals surface area (Å²) >= 11 is 6.08. The van der Waals surface area contributed by atoms with Crippen molar-refractivity contribution >= 4 is 35.1 Å². The van der Waals surface area contributed by atoms with Gasteiger partial charge in [0, 0.05) is 12.2 Å². The van der Waals surface area contributed by atoms with Gasteiger partial charge in [-0.15, -0.1) is 0 Å². The third-order valence-corrected chi connectivity index (χ3v) is 4.79. The van der Waals surface area contributed by atoms with E-state index in [2.05, 4.69) is 27.5 Å². The van der Waals surface area contributed by atoms with Crippen LogP contribution in [0.1, 0.15) is 35.5 Å². The molecule has 7 nitrogen and oxygen atoms in total. The summed E-state index contributed by atoms with van der Waals surface area (Å²) in [6, 6.07) is 17.1. The molecule has 3 rings (SSSR count). The number of rotatable bonds is 8. The number of carbonyl (C=O) groups excluding carboxylic acids is 2. The van der Waals surface area contributed by atoms with Gasteiger partial charge in [-0.25, -0.2) is 14.8 Å². The Labute approximate surface area is 185 Å². The van der Waals surface area contributed by atoms with Gasteiger partial charge >= 0.3 is 5.97 Å². The Morgan fingerprint density at radius 1 is 1.06 bits per heavy atom. The van der Waals surface area contributed by atoms with Crippen LogP contribution in [0, 0.1) is 0 Å². The van der Waals surface area contributed by atoms with Crippen LogP contribution in [0.3, 0.4) is 0 Å². The average Bonchev–Trinajstić information content (AvgIpc) is 2.79. The number of hydrogen-bond donors (Lipinski definition) is 2. The number of aryl methyl sites for hydroxylation is 1. The summed E-state index contributed by atoms with van der Waals surface area (Å²) in [6.45, 7) is 4.01. The molecule has 0 aliphatic carbocycles. The fourth-order valence-electron chi connectivity index (χ4n) is 2.71. The van der Waals surface area contributed by atoms with Crippen molar-refractivity contribution in [3.8, 4) is 0 Å². The highest BCUT2D eigenvalue weighted by atomic mass is 35.5. The number of halogens is 1. The predicted molar refractivity (Wildman–Crippen MR) is 120 cm³/mol. The first kappa shape index (κ1) is 22.2. The van der Waals surface area contributed by atoms with E-state index in [0.29, 0.717) is 12.2 Å². The highest BCUT2D eigenvalue weighted by molar-refractivity contribution is 6.33. The number of nitrogens with zero attached hydrogens (tertiary/aromatic N) is 2. The van der Waals surface area contributed by atoms with Gasteiger partial charge in [-0.1, -0.05) is 61.0 Å². The van der Waals surface area contributed by atoms with Gasteiger partial charge in [-0.3, -0.25) is 4.79 Å². The first-order valence-electron chi connectivity index (χ1n) is 9.87. The molecule has 160 valence electrons. The molecular formula is C23H23ClN4O3. The molecule has 1 heterocycles. The van der Waals surface area contributed by atoms with E-state index in [9.17, 15) is 9.59 Å². The van der Waals surface area contributed by atoms with Crippen molar-refractivity contribution in [2.75, 3.05) is 10.6 Å². The Hall–Kier alpha value is -3.45. The molecule has 0 aliphatic rings. The molecule has 8 heteroatoms. The van der Waals surface area contributed by atoms with Gasteiger partial charge in [0.05, 0.1) is 11.2 Å². The van der Waals surface area contributed by atoms with Crippen LogP contribution < -0.4 is 10.6 Å². The van der Waals surface area contributed by atoms with Gasteiger partial charge in [0.2, 0.25) is 5.95 Å². The molecule has 0 saturated heterocycles. The predicted octanol–water partition coefficient (Wildman–Crippen LogP) is 4.49. The zero-order valence-corrected chi connectivity index (χ0v) is 18.0. The number of benzene rings is 2. The second-order valence-electron chi connectivity index (χ2n) is 6.82. The van der Waals surface area contributed by atoms with E-state index in [1.807, 2.05) is 42.5 Å². The van der Waals surface area contributed by atoms with E-state index in [4.69, 9.17) is 16.3 Å². The Kier molecular flexibility index (Phi) is 7.56. The number of anilines is 2. The van der Waals surface area contributed by atoms with Gasteiger partial charge in [0.15, 0.2) is 11.8 Å². The van der Waals surface area contributed by atoms with Crippen molar-refractivity contribution in [1.82, 2.24) is 9.97 Å². The normalized spacial score (nSPS) is 11.5. The van der Waals surface area contributed by atoms with E-state index in [-0.39, 0.29) is 16.7 Å². The third kappa shape index (κ3) is 6.26. The zero-order chi connectivity index (χ0) is 22.2. The van der Waals surface area contributed by atoms with Crippen molar-refractivity contribution in [2.45, 2.75) is 32.9 Å². The molecule has 2 aromatic carbocycles. The Bertz CT molecular complexity index is 1040. The first-order valence-corrected chi connectivity index (χ1v) is 10.2. The van der Waals surface area contributed by atoms with Gasteiger partial charge in [-0.2, -0.15) is 0 Å². The Morgan fingerprint density at radius 2 is 1.77 bits per heavy atom. The average molecular weight is 439 g/mol. The maximum absolute atomic E-state index is 12.5. The van der Waals surface area contributed by atoms with E-state index in [1.165, 1.54) is 13.1 Å². The smallest absolute Gasteiger partial charge is 0.359 e. The highest BCUT2D eigenvalue weighted by Crippen LogP contribution is 2.17. The minimum atomic E-state index is -1.04. The lowest BCUT2D eigenvalue weighted by Gasteiger charge is -2.14. The monoisotopic (exact) mass is 438 g/mol. The van der Waals surface area contributed by atoms with Crippen LogP contribution >= 0.6 is 11.6 Å². The standard InChI is InChI=1S/C23H23ClN4O3/c1-3-16-9-11-18(12-10-16)27-21(29)15(2)31-22(30)20-19(24)14-26-23(28-20)25-13-17-7-5-4-6-8-17/h4-12,14-15H,3,13H2,1-2H3,(H,27,29)(H,25,26,28)/t15-/m0/s1. The van der Waals surface area contributed by atoms with E-state index < -0.39 is 18.0 Å². The molecule has 0 aliphatic heterocycles. The van der Waals surface area contributed by atoms with E-state index in [0.717, 1.165) is 17.5 Å². The molecule has 0 radical (unpaired) electrons. The fraction of sp³-hybridized carbons (Fsp3) is 0.217. The summed E-state index contributed by atoms with van der Waals surface area (Å²) in [6.07, 6.45) is 1.19. The summed E-state index contributed by atoms with van der Waals surface area (Å²) in [5.41, 5.74) is 2.70. The lowest BCUT2D eigenvalue weighted by atomic mass is 10.1. The van der Waals surface area contributed by atoms with Gasteiger partial charge < -0.3 is 15.4 Å². The number of hydrogen-bond acceptors (Lipinski definition) is 6. The lowest BCUT2D eigenvalue weighted by molar-refractivity contribution is -0.123. The fourth-order valence-corrected chi connectivity index (χ4v) is 2.88. The highest BCUT2D eigenvalue weighted by Gasteiger charge is 2.22. The molecule has 1 amide bonds. The van der Waals surface area contributed by atoms with Crippen molar-refractivity contribution in [1.29, 1.82) is 0 Å². The topological polar surface area (TPSA) is 93.2 Å². The Balaban J connectivity index is 1.61. The number of esters is 1. The van der Waals surface area contributed by atoms with E-state index >= 15 is 0 Å². The molecular weight excluding hydrogens is 416 g/mol. The third-order valence-electron chi connectivity index (χ3n) is 4.51. The maximum atomic E-state index is 12.5. The first-order chi connectivity index (χ1) is 15.0.